The number of rotatable bonds is 8. The number of morpholine rings is 1. The van der Waals surface area contributed by atoms with Gasteiger partial charge >= 0.3 is 0 Å². The van der Waals surface area contributed by atoms with Gasteiger partial charge in [-0.15, -0.1) is 11.3 Å². The van der Waals surface area contributed by atoms with E-state index in [9.17, 15) is 14.0 Å². The second-order valence-electron chi connectivity index (χ2n) is 6.43. The summed E-state index contributed by atoms with van der Waals surface area (Å²) in [5.41, 5.74) is 6.29. The number of halogens is 2. The molecule has 1 aliphatic rings. The van der Waals surface area contributed by atoms with E-state index < -0.39 is 11.7 Å². The molecule has 0 bridgehead atoms. The molecular formula is C18H20ClFN4O3S2. The third-order valence-electron chi connectivity index (χ3n) is 4.20. The Morgan fingerprint density at radius 1 is 1.48 bits per heavy atom. The highest BCUT2D eigenvalue weighted by Crippen LogP contribution is 2.22. The molecule has 1 aromatic heterocycles. The molecule has 1 atom stereocenters. The standard InChI is InChI=1S/C18H20ClFN4O3S2/c19-13-5-11(1-2-14(13)20)7-24-3-4-27-12(8-24)6-22-16(25)10-29-18-23-15(9-28-18)17(21)26/h1-2,5,9,12H,3-4,6-8,10H2,(H2,21,26)(H,22,25)/t12-/m0/s1. The van der Waals surface area contributed by atoms with Crippen LogP contribution < -0.4 is 11.1 Å². The molecule has 0 spiro atoms. The number of nitrogens with one attached hydrogen (secondary N) is 1. The Bertz CT molecular complexity index is 883. The van der Waals surface area contributed by atoms with Gasteiger partial charge in [0.15, 0.2) is 4.34 Å². The molecule has 1 aliphatic heterocycles. The molecule has 1 aromatic carbocycles. The van der Waals surface area contributed by atoms with Crippen LogP contribution in [0.25, 0.3) is 0 Å². The van der Waals surface area contributed by atoms with E-state index in [-0.39, 0.29) is 28.5 Å². The van der Waals surface area contributed by atoms with Crippen molar-refractivity contribution in [2.24, 2.45) is 5.73 Å². The van der Waals surface area contributed by atoms with Crippen LogP contribution in [0.5, 0.6) is 0 Å². The lowest BCUT2D eigenvalue weighted by Gasteiger charge is -2.33. The molecule has 1 fully saturated rings. The number of hydrogen-bond donors (Lipinski definition) is 2. The molecule has 156 valence electrons. The maximum Gasteiger partial charge on any atom is 0.268 e. The first-order valence-corrected chi connectivity index (χ1v) is 11.1. The first kappa shape index (κ1) is 22.0. The Morgan fingerprint density at radius 3 is 3.03 bits per heavy atom. The molecule has 2 amide bonds. The van der Waals surface area contributed by atoms with E-state index in [1.54, 1.807) is 17.5 Å². The molecule has 1 saturated heterocycles. The van der Waals surface area contributed by atoms with Gasteiger partial charge in [-0.3, -0.25) is 14.5 Å². The van der Waals surface area contributed by atoms with Crippen LogP contribution in [0, 0.1) is 5.82 Å². The van der Waals surface area contributed by atoms with Crippen molar-refractivity contribution in [3.63, 3.8) is 0 Å². The van der Waals surface area contributed by atoms with Crippen LogP contribution in [0.3, 0.4) is 0 Å². The number of carbonyl (C=O) groups excluding carboxylic acids is 2. The summed E-state index contributed by atoms with van der Waals surface area (Å²) in [7, 11) is 0. The summed E-state index contributed by atoms with van der Waals surface area (Å²) in [6.45, 7) is 2.98. The van der Waals surface area contributed by atoms with E-state index in [1.165, 1.54) is 29.2 Å². The summed E-state index contributed by atoms with van der Waals surface area (Å²) >= 11 is 8.37. The van der Waals surface area contributed by atoms with Crippen molar-refractivity contribution >= 4 is 46.5 Å². The first-order chi connectivity index (χ1) is 13.9. The summed E-state index contributed by atoms with van der Waals surface area (Å²) in [6.07, 6.45) is -0.130. The van der Waals surface area contributed by atoms with Crippen molar-refractivity contribution in [3.8, 4) is 0 Å². The first-order valence-electron chi connectivity index (χ1n) is 8.83. The Hall–Kier alpha value is -1.72. The number of benzene rings is 1. The minimum atomic E-state index is -0.584. The van der Waals surface area contributed by atoms with Gasteiger partial charge in [-0.2, -0.15) is 0 Å². The van der Waals surface area contributed by atoms with Gasteiger partial charge in [0.25, 0.3) is 5.91 Å². The molecule has 11 heteroatoms. The molecule has 0 radical (unpaired) electrons. The van der Waals surface area contributed by atoms with E-state index in [0.717, 1.165) is 12.1 Å². The van der Waals surface area contributed by atoms with Gasteiger partial charge in [-0.1, -0.05) is 29.4 Å². The molecular weight excluding hydrogens is 439 g/mol. The van der Waals surface area contributed by atoms with Crippen LogP contribution in [0.4, 0.5) is 4.39 Å². The van der Waals surface area contributed by atoms with Crippen molar-refractivity contribution in [1.29, 1.82) is 0 Å². The number of primary amides is 1. The molecule has 7 nitrogen and oxygen atoms in total. The Morgan fingerprint density at radius 2 is 2.31 bits per heavy atom. The number of thioether (sulfide) groups is 1. The average Bonchev–Trinajstić information content (AvgIpc) is 3.17. The number of amides is 2. The van der Waals surface area contributed by atoms with E-state index in [4.69, 9.17) is 22.1 Å². The minimum absolute atomic E-state index is 0.111. The van der Waals surface area contributed by atoms with Crippen molar-refractivity contribution in [1.82, 2.24) is 15.2 Å². The highest BCUT2D eigenvalue weighted by atomic mass is 35.5. The lowest BCUT2D eigenvalue weighted by atomic mass is 10.2. The zero-order valence-electron chi connectivity index (χ0n) is 15.4. The molecule has 0 aliphatic carbocycles. The minimum Gasteiger partial charge on any atom is -0.374 e. The summed E-state index contributed by atoms with van der Waals surface area (Å²) in [4.78, 5) is 29.4. The number of ether oxygens (including phenoxy) is 1. The van der Waals surface area contributed by atoms with Crippen molar-refractivity contribution in [2.45, 2.75) is 17.0 Å². The topological polar surface area (TPSA) is 97.5 Å². The number of nitrogens with two attached hydrogens (primary N) is 1. The molecule has 0 saturated carbocycles. The second-order valence-corrected chi connectivity index (χ2v) is 8.92. The highest BCUT2D eigenvalue weighted by molar-refractivity contribution is 8.01. The third-order valence-corrected chi connectivity index (χ3v) is 6.51. The predicted octanol–water partition coefficient (Wildman–Crippen LogP) is 2.14. The second kappa shape index (κ2) is 10.4. The Labute approximate surface area is 180 Å². The van der Waals surface area contributed by atoms with Crippen LogP contribution in [0.15, 0.2) is 27.9 Å². The van der Waals surface area contributed by atoms with Gasteiger partial charge in [0, 0.05) is 31.6 Å². The van der Waals surface area contributed by atoms with Crippen LogP contribution in [-0.4, -0.2) is 59.8 Å². The zero-order valence-corrected chi connectivity index (χ0v) is 17.8. The highest BCUT2D eigenvalue weighted by Gasteiger charge is 2.21. The normalized spacial score (nSPS) is 17.2. The molecule has 2 heterocycles. The Kier molecular flexibility index (Phi) is 7.84. The fourth-order valence-electron chi connectivity index (χ4n) is 2.79. The van der Waals surface area contributed by atoms with Gasteiger partial charge < -0.3 is 15.8 Å². The number of nitrogens with zero attached hydrogens (tertiary/aromatic N) is 2. The molecule has 29 heavy (non-hydrogen) atoms. The molecule has 3 rings (SSSR count). The van der Waals surface area contributed by atoms with Crippen molar-refractivity contribution in [2.75, 3.05) is 32.0 Å². The van der Waals surface area contributed by atoms with Crippen LogP contribution in [-0.2, 0) is 16.1 Å². The van der Waals surface area contributed by atoms with E-state index in [0.29, 0.717) is 30.6 Å². The number of carbonyl (C=O) groups is 2. The summed E-state index contributed by atoms with van der Waals surface area (Å²) in [6, 6.07) is 4.71. The summed E-state index contributed by atoms with van der Waals surface area (Å²) in [5.74, 6) is -0.966. The average molecular weight is 459 g/mol. The Balaban J connectivity index is 1.40. The lowest BCUT2D eigenvalue weighted by molar-refractivity contribution is -0.119. The van der Waals surface area contributed by atoms with Crippen molar-refractivity contribution < 1.29 is 18.7 Å². The van der Waals surface area contributed by atoms with Crippen LogP contribution in [0.2, 0.25) is 5.02 Å². The van der Waals surface area contributed by atoms with Crippen LogP contribution in [0.1, 0.15) is 16.1 Å². The number of thiazole rings is 1. The molecule has 2 aromatic rings. The number of hydrogen-bond acceptors (Lipinski definition) is 7. The van der Waals surface area contributed by atoms with E-state index >= 15 is 0 Å². The van der Waals surface area contributed by atoms with Gasteiger partial charge in [0.2, 0.25) is 5.91 Å². The fourth-order valence-corrected chi connectivity index (χ4v) is 4.63. The maximum absolute atomic E-state index is 13.3. The largest absolute Gasteiger partial charge is 0.374 e. The SMILES string of the molecule is NC(=O)c1csc(SCC(=O)NC[C@H]2CN(Cc3ccc(F)c(Cl)c3)CCO2)n1. The maximum atomic E-state index is 13.3. The summed E-state index contributed by atoms with van der Waals surface area (Å²) < 4.78 is 19.6. The fraction of sp³-hybridized carbons (Fsp3) is 0.389. The van der Waals surface area contributed by atoms with E-state index in [2.05, 4.69) is 15.2 Å². The quantitative estimate of drug-likeness (QED) is 0.588. The molecule has 3 N–H and O–H groups in total. The lowest BCUT2D eigenvalue weighted by Crippen LogP contribution is -2.47. The smallest absolute Gasteiger partial charge is 0.268 e. The van der Waals surface area contributed by atoms with Crippen LogP contribution >= 0.6 is 34.7 Å². The summed E-state index contributed by atoms with van der Waals surface area (Å²) in [5, 5.41) is 4.54. The van der Waals surface area contributed by atoms with Gasteiger partial charge in [0.1, 0.15) is 11.5 Å². The van der Waals surface area contributed by atoms with Gasteiger partial charge in [0.05, 0.1) is 23.5 Å². The predicted molar refractivity (Wildman–Crippen MR) is 111 cm³/mol. The number of aromatic nitrogens is 1. The third kappa shape index (κ3) is 6.65. The van der Waals surface area contributed by atoms with Gasteiger partial charge in [-0.25, -0.2) is 9.37 Å². The monoisotopic (exact) mass is 458 g/mol. The van der Waals surface area contributed by atoms with Gasteiger partial charge in [-0.05, 0) is 17.7 Å². The van der Waals surface area contributed by atoms with E-state index in [1.807, 2.05) is 0 Å². The van der Waals surface area contributed by atoms with Crippen molar-refractivity contribution in [3.05, 3.63) is 45.7 Å². The zero-order chi connectivity index (χ0) is 20.8. The molecule has 0 unspecified atom stereocenters.